The van der Waals surface area contributed by atoms with Gasteiger partial charge in [0.2, 0.25) is 5.88 Å². The number of ether oxygens (including phenoxy) is 2. The van der Waals surface area contributed by atoms with Gasteiger partial charge in [-0.2, -0.15) is 0 Å². The van der Waals surface area contributed by atoms with Gasteiger partial charge < -0.3 is 14.8 Å². The molecule has 0 atom stereocenters. The van der Waals surface area contributed by atoms with Crippen LogP contribution in [0.15, 0.2) is 72.9 Å². The Morgan fingerprint density at radius 2 is 1.78 bits per heavy atom. The molecule has 0 amide bonds. The van der Waals surface area contributed by atoms with Crippen LogP contribution in [0.25, 0.3) is 0 Å². The van der Waals surface area contributed by atoms with Gasteiger partial charge in [0, 0.05) is 23.8 Å². The van der Waals surface area contributed by atoms with Gasteiger partial charge in [0.15, 0.2) is 0 Å². The molecular weight excluding hydrogens is 360 g/mol. The molecule has 4 nitrogen and oxygen atoms in total. The van der Waals surface area contributed by atoms with Crippen LogP contribution in [0.3, 0.4) is 0 Å². The van der Waals surface area contributed by atoms with E-state index >= 15 is 0 Å². The highest BCUT2D eigenvalue weighted by molar-refractivity contribution is 6.30. The predicted octanol–water partition coefficient (Wildman–Crippen LogP) is 4.87. The van der Waals surface area contributed by atoms with Crippen LogP contribution in [0, 0.1) is 0 Å². The lowest BCUT2D eigenvalue weighted by molar-refractivity contribution is 0.296. The topological polar surface area (TPSA) is 43.4 Å². The van der Waals surface area contributed by atoms with Crippen LogP contribution in [0.4, 0.5) is 0 Å². The summed E-state index contributed by atoms with van der Waals surface area (Å²) in [6, 6.07) is 21.5. The van der Waals surface area contributed by atoms with E-state index in [-0.39, 0.29) is 0 Å². The molecule has 3 rings (SSSR count). The number of rotatable bonds is 10. The van der Waals surface area contributed by atoms with Gasteiger partial charge in [-0.1, -0.05) is 41.9 Å². The van der Waals surface area contributed by atoms with E-state index in [0.717, 1.165) is 35.8 Å². The molecule has 0 fully saturated rings. The van der Waals surface area contributed by atoms with Crippen molar-refractivity contribution in [2.45, 2.75) is 19.6 Å². The van der Waals surface area contributed by atoms with Crippen LogP contribution >= 0.6 is 11.6 Å². The Hall–Kier alpha value is -2.56. The molecule has 1 aromatic heterocycles. The minimum absolute atomic E-state index is 0.527. The number of halogens is 1. The van der Waals surface area contributed by atoms with Gasteiger partial charge in [0.05, 0.1) is 6.61 Å². The molecule has 0 aliphatic heterocycles. The smallest absolute Gasteiger partial charge is 0.213 e. The monoisotopic (exact) mass is 382 g/mol. The van der Waals surface area contributed by atoms with Crippen LogP contribution in [0.5, 0.6) is 11.6 Å². The molecule has 0 saturated heterocycles. The zero-order valence-corrected chi connectivity index (χ0v) is 15.9. The zero-order valence-electron chi connectivity index (χ0n) is 15.1. The fourth-order valence-corrected chi connectivity index (χ4v) is 2.66. The number of hydrogen-bond donors (Lipinski definition) is 1. The summed E-state index contributed by atoms with van der Waals surface area (Å²) in [6.45, 7) is 2.84. The second-order valence-electron chi connectivity index (χ2n) is 6.11. The number of pyridine rings is 1. The van der Waals surface area contributed by atoms with E-state index in [2.05, 4.69) is 22.4 Å². The van der Waals surface area contributed by atoms with E-state index in [0.29, 0.717) is 19.1 Å². The molecule has 140 valence electrons. The first-order chi connectivity index (χ1) is 13.3. The Morgan fingerprint density at radius 1 is 0.889 bits per heavy atom. The highest BCUT2D eigenvalue weighted by atomic mass is 35.5. The van der Waals surface area contributed by atoms with E-state index in [1.54, 1.807) is 6.20 Å². The molecular formula is C22H23ClN2O2. The molecule has 0 radical (unpaired) electrons. The Bertz CT molecular complexity index is 810. The minimum atomic E-state index is 0.527. The van der Waals surface area contributed by atoms with Crippen LogP contribution in [-0.2, 0) is 13.2 Å². The molecule has 5 heteroatoms. The Balaban J connectivity index is 1.35. The second-order valence-corrected chi connectivity index (χ2v) is 6.55. The quantitative estimate of drug-likeness (QED) is 0.508. The molecule has 0 saturated carbocycles. The van der Waals surface area contributed by atoms with Gasteiger partial charge >= 0.3 is 0 Å². The number of aromatic nitrogens is 1. The third-order valence-electron chi connectivity index (χ3n) is 3.93. The number of benzene rings is 2. The van der Waals surface area contributed by atoms with Crippen LogP contribution in [0.2, 0.25) is 5.02 Å². The predicted molar refractivity (Wildman–Crippen MR) is 108 cm³/mol. The lowest BCUT2D eigenvalue weighted by atomic mass is 10.2. The summed E-state index contributed by atoms with van der Waals surface area (Å²) in [5, 5.41) is 4.16. The van der Waals surface area contributed by atoms with Crippen molar-refractivity contribution in [3.63, 3.8) is 0 Å². The molecule has 27 heavy (non-hydrogen) atoms. The van der Waals surface area contributed by atoms with Crippen molar-refractivity contribution in [2.75, 3.05) is 13.2 Å². The van der Waals surface area contributed by atoms with Crippen molar-refractivity contribution in [1.82, 2.24) is 10.3 Å². The van der Waals surface area contributed by atoms with Crippen molar-refractivity contribution in [1.29, 1.82) is 0 Å². The maximum absolute atomic E-state index is 5.90. The van der Waals surface area contributed by atoms with E-state index < -0.39 is 0 Å². The van der Waals surface area contributed by atoms with Gasteiger partial charge in [0.1, 0.15) is 12.4 Å². The van der Waals surface area contributed by atoms with Gasteiger partial charge in [0.25, 0.3) is 0 Å². The molecule has 1 N–H and O–H groups in total. The third kappa shape index (κ3) is 6.93. The third-order valence-corrected chi connectivity index (χ3v) is 4.18. The molecule has 0 spiro atoms. The summed E-state index contributed by atoms with van der Waals surface area (Å²) >= 11 is 5.90. The Labute approximate surface area is 165 Å². The number of nitrogens with one attached hydrogen (secondary N) is 1. The van der Waals surface area contributed by atoms with Crippen LogP contribution in [-0.4, -0.2) is 18.1 Å². The summed E-state index contributed by atoms with van der Waals surface area (Å²) in [5.41, 5.74) is 2.28. The molecule has 0 bridgehead atoms. The van der Waals surface area contributed by atoms with Crippen LogP contribution < -0.4 is 14.8 Å². The van der Waals surface area contributed by atoms with Crippen molar-refractivity contribution in [3.8, 4) is 11.6 Å². The van der Waals surface area contributed by atoms with Crippen LogP contribution in [0.1, 0.15) is 17.5 Å². The molecule has 3 aromatic rings. The lowest BCUT2D eigenvalue weighted by Crippen LogP contribution is -2.17. The van der Waals surface area contributed by atoms with Gasteiger partial charge in [-0.3, -0.25) is 0 Å². The largest absolute Gasteiger partial charge is 0.489 e. The van der Waals surface area contributed by atoms with Crippen molar-refractivity contribution in [2.24, 2.45) is 0 Å². The first kappa shape index (κ1) is 19.2. The fraction of sp³-hybridized carbons (Fsp3) is 0.227. The summed E-state index contributed by atoms with van der Waals surface area (Å²) in [7, 11) is 0. The molecule has 0 unspecified atom stereocenters. The van der Waals surface area contributed by atoms with E-state index in [1.807, 2.05) is 54.6 Å². The minimum Gasteiger partial charge on any atom is -0.489 e. The molecule has 2 aromatic carbocycles. The molecule has 0 aliphatic rings. The van der Waals surface area contributed by atoms with Crippen molar-refractivity contribution < 1.29 is 9.47 Å². The average molecular weight is 383 g/mol. The zero-order chi connectivity index (χ0) is 18.7. The Morgan fingerprint density at radius 3 is 2.59 bits per heavy atom. The highest BCUT2D eigenvalue weighted by Crippen LogP contribution is 2.16. The van der Waals surface area contributed by atoms with Gasteiger partial charge in [-0.05, 0) is 54.4 Å². The normalized spacial score (nSPS) is 10.6. The standard InChI is InChI=1S/C22H23ClN2O2/c23-20-10-8-18(9-11-20)17-27-21-6-3-5-19(15-21)16-24-12-4-14-26-22-7-1-2-13-25-22/h1-3,5-11,13,15,24H,4,12,14,16-17H2. The molecule has 0 aliphatic carbocycles. The number of nitrogens with zero attached hydrogens (tertiary/aromatic N) is 1. The lowest BCUT2D eigenvalue weighted by Gasteiger charge is -2.09. The van der Waals surface area contributed by atoms with E-state index in [9.17, 15) is 0 Å². The van der Waals surface area contributed by atoms with Gasteiger partial charge in [-0.15, -0.1) is 0 Å². The fourth-order valence-electron chi connectivity index (χ4n) is 2.53. The second kappa shape index (κ2) is 10.6. The van der Waals surface area contributed by atoms with Gasteiger partial charge in [-0.25, -0.2) is 4.98 Å². The first-order valence-electron chi connectivity index (χ1n) is 9.00. The first-order valence-corrected chi connectivity index (χ1v) is 9.38. The summed E-state index contributed by atoms with van der Waals surface area (Å²) in [5.74, 6) is 1.53. The van der Waals surface area contributed by atoms with E-state index in [1.165, 1.54) is 5.56 Å². The van der Waals surface area contributed by atoms with E-state index in [4.69, 9.17) is 21.1 Å². The van der Waals surface area contributed by atoms with Crippen molar-refractivity contribution >= 4 is 11.6 Å². The SMILES string of the molecule is Clc1ccc(COc2cccc(CNCCCOc3ccccn3)c2)cc1. The summed E-state index contributed by atoms with van der Waals surface area (Å²) < 4.78 is 11.4. The average Bonchev–Trinajstić information content (AvgIpc) is 2.71. The number of hydrogen-bond acceptors (Lipinski definition) is 4. The maximum atomic E-state index is 5.90. The molecule has 1 heterocycles. The summed E-state index contributed by atoms with van der Waals surface area (Å²) in [6.07, 6.45) is 2.65. The Kier molecular flexibility index (Phi) is 7.51. The highest BCUT2D eigenvalue weighted by Gasteiger charge is 2.00. The summed E-state index contributed by atoms with van der Waals surface area (Å²) in [4.78, 5) is 4.13. The maximum Gasteiger partial charge on any atom is 0.213 e. The van der Waals surface area contributed by atoms with Crippen molar-refractivity contribution in [3.05, 3.63) is 89.1 Å².